The highest BCUT2D eigenvalue weighted by Gasteiger charge is 2.26. The first-order valence-corrected chi connectivity index (χ1v) is 6.97. The van der Waals surface area contributed by atoms with Crippen LogP contribution in [-0.4, -0.2) is 19.7 Å². The molecule has 0 spiro atoms. The van der Waals surface area contributed by atoms with E-state index in [-0.39, 0.29) is 10.8 Å². The molecule has 1 atom stereocenters. The van der Waals surface area contributed by atoms with E-state index in [2.05, 4.69) is 4.72 Å². The van der Waals surface area contributed by atoms with Crippen molar-refractivity contribution in [2.75, 3.05) is 0 Å². The second-order valence-corrected chi connectivity index (χ2v) is 6.05. The lowest BCUT2D eigenvalue weighted by atomic mass is 10.1. The fourth-order valence-electron chi connectivity index (χ4n) is 1.28. The summed E-state index contributed by atoms with van der Waals surface area (Å²) in [5.41, 5.74) is 0. The van der Waals surface area contributed by atoms with Gasteiger partial charge in [-0.05, 0) is 29.7 Å². The van der Waals surface area contributed by atoms with Gasteiger partial charge in [-0.1, -0.05) is 32.0 Å². The molecule has 0 fully saturated rings. The Morgan fingerprint density at radius 3 is 2.18 bits per heavy atom. The van der Waals surface area contributed by atoms with E-state index < -0.39 is 21.3 Å². The number of rotatable bonds is 5. The number of sulfonamides is 1. The van der Waals surface area contributed by atoms with Gasteiger partial charge < -0.3 is 0 Å². The Hall–Kier alpha value is -0.910. The summed E-state index contributed by atoms with van der Waals surface area (Å²) in [6.07, 6.45) is 0. The molecule has 0 bridgehead atoms. The van der Waals surface area contributed by atoms with Gasteiger partial charge in [-0.2, -0.15) is 4.72 Å². The van der Waals surface area contributed by atoms with Crippen molar-refractivity contribution in [1.82, 2.24) is 4.72 Å². The van der Waals surface area contributed by atoms with Crippen LogP contribution in [-0.2, 0) is 14.8 Å². The summed E-state index contributed by atoms with van der Waals surface area (Å²) in [7, 11) is -3.70. The summed E-state index contributed by atoms with van der Waals surface area (Å²) in [6.45, 7) is 3.44. The Bertz CT molecular complexity index is 485. The minimum absolute atomic E-state index is 0.114. The van der Waals surface area contributed by atoms with Gasteiger partial charge in [0.25, 0.3) is 0 Å². The third-order valence-corrected chi connectivity index (χ3v) is 3.94. The Morgan fingerprint density at radius 1 is 1.24 bits per heavy atom. The van der Waals surface area contributed by atoms with Crippen LogP contribution >= 0.6 is 11.6 Å². The summed E-state index contributed by atoms with van der Waals surface area (Å²) in [4.78, 5) is 11.2. The first-order chi connectivity index (χ1) is 7.84. The van der Waals surface area contributed by atoms with Crippen molar-refractivity contribution in [2.45, 2.75) is 24.8 Å². The molecular weight excluding hydrogens is 262 g/mol. The van der Waals surface area contributed by atoms with Crippen molar-refractivity contribution in [2.24, 2.45) is 5.92 Å². The fourth-order valence-corrected chi connectivity index (χ4v) is 3.02. The average Bonchev–Trinajstić information content (AvgIpc) is 2.26. The smallest absolute Gasteiger partial charge is 0.241 e. The Morgan fingerprint density at radius 2 is 1.76 bits per heavy atom. The van der Waals surface area contributed by atoms with Crippen LogP contribution in [0.15, 0.2) is 35.2 Å². The maximum Gasteiger partial charge on any atom is 0.241 e. The van der Waals surface area contributed by atoms with E-state index in [1.54, 1.807) is 32.0 Å². The predicted octanol–water partition coefficient (Wildman–Crippen LogP) is 1.75. The van der Waals surface area contributed by atoms with Gasteiger partial charge in [-0.25, -0.2) is 8.42 Å². The molecule has 1 N–H and O–H groups in total. The zero-order valence-electron chi connectivity index (χ0n) is 9.55. The summed E-state index contributed by atoms with van der Waals surface area (Å²) < 4.78 is 26.2. The molecule has 4 nitrogen and oxygen atoms in total. The highest BCUT2D eigenvalue weighted by Crippen LogP contribution is 2.12. The highest BCUT2D eigenvalue weighted by molar-refractivity contribution is 7.89. The number of nitrogens with one attached hydrogen (secondary N) is 1. The SMILES string of the molecule is CC(C)C(NS(=O)(=O)c1ccccc1)C(=O)Cl. The van der Waals surface area contributed by atoms with Crippen molar-refractivity contribution >= 4 is 26.9 Å². The van der Waals surface area contributed by atoms with Gasteiger partial charge in [-0.3, -0.25) is 4.79 Å². The molecule has 1 aromatic rings. The minimum Gasteiger partial charge on any atom is -0.279 e. The summed E-state index contributed by atoms with van der Waals surface area (Å²) in [5.74, 6) is -0.210. The number of carbonyl (C=O) groups is 1. The predicted molar refractivity (Wildman–Crippen MR) is 66.2 cm³/mol. The molecule has 17 heavy (non-hydrogen) atoms. The molecule has 0 aliphatic rings. The third-order valence-electron chi connectivity index (χ3n) is 2.25. The van der Waals surface area contributed by atoms with Crippen LogP contribution in [0.3, 0.4) is 0 Å². The van der Waals surface area contributed by atoms with E-state index in [1.165, 1.54) is 12.1 Å². The van der Waals surface area contributed by atoms with Crippen molar-refractivity contribution in [3.05, 3.63) is 30.3 Å². The van der Waals surface area contributed by atoms with E-state index in [4.69, 9.17) is 11.6 Å². The molecule has 0 aliphatic carbocycles. The van der Waals surface area contributed by atoms with Gasteiger partial charge in [0.2, 0.25) is 15.3 Å². The molecule has 0 saturated carbocycles. The summed E-state index contributed by atoms with van der Waals surface area (Å²) >= 11 is 5.37. The molecule has 1 unspecified atom stereocenters. The van der Waals surface area contributed by atoms with Crippen molar-refractivity contribution < 1.29 is 13.2 Å². The van der Waals surface area contributed by atoms with Crippen LogP contribution in [0.4, 0.5) is 0 Å². The Balaban J connectivity index is 2.97. The van der Waals surface area contributed by atoms with Gasteiger partial charge in [0, 0.05) is 0 Å². The first kappa shape index (κ1) is 14.2. The molecule has 0 aliphatic heterocycles. The Labute approximate surface area is 106 Å². The molecule has 0 radical (unpaired) electrons. The van der Waals surface area contributed by atoms with Gasteiger partial charge in [0.15, 0.2) is 0 Å². The fraction of sp³-hybridized carbons (Fsp3) is 0.364. The number of carbonyl (C=O) groups excluding carboxylic acids is 1. The van der Waals surface area contributed by atoms with E-state index in [9.17, 15) is 13.2 Å². The summed E-state index contributed by atoms with van der Waals surface area (Å²) in [6, 6.07) is 6.94. The van der Waals surface area contributed by atoms with Crippen LogP contribution < -0.4 is 4.72 Å². The van der Waals surface area contributed by atoms with Crippen LogP contribution in [0, 0.1) is 5.92 Å². The number of benzene rings is 1. The van der Waals surface area contributed by atoms with Crippen molar-refractivity contribution in [3.8, 4) is 0 Å². The van der Waals surface area contributed by atoms with Crippen molar-refractivity contribution in [1.29, 1.82) is 0 Å². The molecule has 1 aromatic carbocycles. The van der Waals surface area contributed by atoms with Crippen LogP contribution in [0.2, 0.25) is 0 Å². The highest BCUT2D eigenvalue weighted by atomic mass is 35.5. The molecular formula is C11H14ClNO3S. The zero-order valence-corrected chi connectivity index (χ0v) is 11.1. The van der Waals surface area contributed by atoms with Gasteiger partial charge in [-0.15, -0.1) is 0 Å². The molecule has 0 amide bonds. The molecule has 6 heteroatoms. The zero-order chi connectivity index (χ0) is 13.1. The lowest BCUT2D eigenvalue weighted by molar-refractivity contribution is -0.113. The summed E-state index contributed by atoms with van der Waals surface area (Å²) in [5, 5.41) is -0.709. The second-order valence-electron chi connectivity index (χ2n) is 3.96. The topological polar surface area (TPSA) is 63.2 Å². The van der Waals surface area contributed by atoms with Crippen LogP contribution in [0.5, 0.6) is 0 Å². The maximum atomic E-state index is 11.9. The number of hydrogen-bond donors (Lipinski definition) is 1. The molecule has 94 valence electrons. The largest absolute Gasteiger partial charge is 0.279 e. The van der Waals surface area contributed by atoms with E-state index in [1.807, 2.05) is 0 Å². The van der Waals surface area contributed by atoms with Crippen LogP contribution in [0.1, 0.15) is 13.8 Å². The molecule has 0 heterocycles. The normalized spacial score (nSPS) is 13.6. The van der Waals surface area contributed by atoms with Gasteiger partial charge in [0.1, 0.15) is 0 Å². The van der Waals surface area contributed by atoms with Crippen LogP contribution in [0.25, 0.3) is 0 Å². The Kier molecular flexibility index (Phi) is 4.68. The van der Waals surface area contributed by atoms with E-state index >= 15 is 0 Å². The first-order valence-electron chi connectivity index (χ1n) is 5.11. The van der Waals surface area contributed by atoms with Crippen molar-refractivity contribution in [3.63, 3.8) is 0 Å². The lowest BCUT2D eigenvalue weighted by Crippen LogP contribution is -2.42. The van der Waals surface area contributed by atoms with E-state index in [0.29, 0.717) is 0 Å². The monoisotopic (exact) mass is 275 g/mol. The lowest BCUT2D eigenvalue weighted by Gasteiger charge is -2.18. The van der Waals surface area contributed by atoms with Gasteiger partial charge >= 0.3 is 0 Å². The second kappa shape index (κ2) is 5.62. The standard InChI is InChI=1S/C11H14ClNO3S/c1-8(2)10(11(12)14)13-17(15,16)9-6-4-3-5-7-9/h3-8,10,13H,1-2H3. The molecule has 0 saturated heterocycles. The average molecular weight is 276 g/mol. The molecule has 0 aromatic heterocycles. The van der Waals surface area contributed by atoms with Gasteiger partial charge in [0.05, 0.1) is 10.9 Å². The number of hydrogen-bond acceptors (Lipinski definition) is 3. The van der Waals surface area contributed by atoms with E-state index in [0.717, 1.165) is 0 Å². The third kappa shape index (κ3) is 3.80. The quantitative estimate of drug-likeness (QED) is 0.833. The number of halogens is 1. The maximum absolute atomic E-state index is 11.9. The molecule has 1 rings (SSSR count). The minimum atomic E-state index is -3.70.